The van der Waals surface area contributed by atoms with Crippen LogP contribution in [0.2, 0.25) is 0 Å². The Hall–Kier alpha value is -2.50. The van der Waals surface area contributed by atoms with E-state index < -0.39 is 12.1 Å². The van der Waals surface area contributed by atoms with Crippen LogP contribution < -0.4 is 10.6 Å². The molecule has 1 aromatic carbocycles. The van der Waals surface area contributed by atoms with Gasteiger partial charge in [0.2, 0.25) is 0 Å². The van der Waals surface area contributed by atoms with Crippen molar-refractivity contribution in [3.05, 3.63) is 35.9 Å². The quantitative estimate of drug-likeness (QED) is 0.367. The highest BCUT2D eigenvalue weighted by Crippen LogP contribution is 2.29. The van der Waals surface area contributed by atoms with E-state index in [0.29, 0.717) is 5.69 Å². The fourth-order valence-electron chi connectivity index (χ4n) is 1.97. The van der Waals surface area contributed by atoms with E-state index in [0.717, 1.165) is 5.56 Å². The molecule has 0 aliphatic carbocycles. The van der Waals surface area contributed by atoms with E-state index in [1.54, 1.807) is 19.1 Å². The zero-order valence-corrected chi connectivity index (χ0v) is 10.5. The number of benzene rings is 1. The maximum Gasteiger partial charge on any atom is 0.415 e. The summed E-state index contributed by atoms with van der Waals surface area (Å²) in [5.74, 6) is -0.0705. The van der Waals surface area contributed by atoms with E-state index in [-0.39, 0.29) is 12.4 Å². The second-order valence-electron chi connectivity index (χ2n) is 3.96. The molecule has 0 fully saturated rings. The van der Waals surface area contributed by atoms with Crippen LogP contribution in [0.4, 0.5) is 10.5 Å². The zero-order chi connectivity index (χ0) is 13.8. The molecule has 1 aliphatic heterocycles. The number of ether oxygens (including phenoxy) is 1. The summed E-state index contributed by atoms with van der Waals surface area (Å²) in [4.78, 5) is 13.4. The molecule has 1 amide bonds. The fourth-order valence-corrected chi connectivity index (χ4v) is 1.97. The Kier molecular flexibility index (Phi) is 3.70. The van der Waals surface area contributed by atoms with Crippen LogP contribution in [-0.4, -0.2) is 29.8 Å². The summed E-state index contributed by atoms with van der Waals surface area (Å²) in [5, 5.41) is 11.8. The van der Waals surface area contributed by atoms with E-state index in [9.17, 15) is 4.79 Å². The largest absolute Gasteiger partial charge is 0.449 e. The number of hydrogen-bond acceptors (Lipinski definition) is 4. The van der Waals surface area contributed by atoms with E-state index in [1.165, 1.54) is 4.90 Å². The van der Waals surface area contributed by atoms with Gasteiger partial charge in [0, 0.05) is 0 Å². The molecule has 100 valence electrons. The van der Waals surface area contributed by atoms with Crippen molar-refractivity contribution < 1.29 is 14.7 Å². The molecule has 1 unspecified atom stereocenters. The molecule has 1 aliphatic rings. The molecule has 6 nitrogen and oxygen atoms in total. The number of fused-ring (bicyclic) bond motifs is 1. The van der Waals surface area contributed by atoms with Crippen molar-refractivity contribution in [2.24, 2.45) is 10.9 Å². The van der Waals surface area contributed by atoms with Crippen LogP contribution in [0.3, 0.4) is 0 Å². The Morgan fingerprint density at radius 2 is 2.26 bits per heavy atom. The molecule has 3 N–H and O–H groups in total. The van der Waals surface area contributed by atoms with Gasteiger partial charge in [-0.1, -0.05) is 35.5 Å². The Balaban J connectivity index is 2.46. The number of oxime groups is 1. The zero-order valence-electron chi connectivity index (χ0n) is 10.5. The first kappa shape index (κ1) is 12.9. The van der Waals surface area contributed by atoms with Crippen LogP contribution in [0.25, 0.3) is 6.08 Å². The number of nitrogens with zero attached hydrogens (tertiary/aromatic N) is 2. The van der Waals surface area contributed by atoms with Crippen molar-refractivity contribution in [1.82, 2.24) is 0 Å². The summed E-state index contributed by atoms with van der Waals surface area (Å²) in [7, 11) is 0. The fraction of sp³-hybridized carbons (Fsp3) is 0.231. The highest BCUT2D eigenvalue weighted by Gasteiger charge is 2.31. The summed E-state index contributed by atoms with van der Waals surface area (Å²) in [6.07, 6.45) is 2.98. The number of hydrogen-bond donors (Lipinski definition) is 2. The maximum atomic E-state index is 12.1. The minimum atomic E-state index is -0.654. The second kappa shape index (κ2) is 5.43. The molecule has 0 saturated carbocycles. The topological polar surface area (TPSA) is 88.2 Å². The van der Waals surface area contributed by atoms with Gasteiger partial charge in [-0.25, -0.2) is 4.79 Å². The van der Waals surface area contributed by atoms with Crippen LogP contribution in [0, 0.1) is 0 Å². The summed E-state index contributed by atoms with van der Waals surface area (Å²) < 4.78 is 5.02. The van der Waals surface area contributed by atoms with Gasteiger partial charge in [-0.2, -0.15) is 0 Å². The lowest BCUT2D eigenvalue weighted by Crippen LogP contribution is -2.48. The standard InChI is InChI=1S/C13H15N3O3/c1-2-19-13(17)16-10-6-4-3-5-9(10)7-8-11(16)12(14)15-18/h3-8,11,18H,2H2,1H3,(H2,14,15). The van der Waals surface area contributed by atoms with Gasteiger partial charge in [-0.15, -0.1) is 0 Å². The van der Waals surface area contributed by atoms with E-state index in [4.69, 9.17) is 15.7 Å². The molecule has 0 spiro atoms. The van der Waals surface area contributed by atoms with Crippen LogP contribution >= 0.6 is 0 Å². The summed E-state index contributed by atoms with van der Waals surface area (Å²) in [5.41, 5.74) is 7.17. The minimum absolute atomic E-state index is 0.0705. The van der Waals surface area contributed by atoms with Gasteiger partial charge in [0.1, 0.15) is 6.04 Å². The van der Waals surface area contributed by atoms with E-state index in [2.05, 4.69) is 5.16 Å². The number of anilines is 1. The molecule has 6 heteroatoms. The Bertz CT molecular complexity index is 540. The lowest BCUT2D eigenvalue weighted by Gasteiger charge is -2.32. The molecule has 0 aromatic heterocycles. The van der Waals surface area contributed by atoms with E-state index >= 15 is 0 Å². The monoisotopic (exact) mass is 261 g/mol. The summed E-state index contributed by atoms with van der Waals surface area (Å²) in [6.45, 7) is 1.98. The number of para-hydroxylation sites is 1. The number of nitrogens with two attached hydrogens (primary N) is 1. The van der Waals surface area contributed by atoms with Crippen molar-refractivity contribution in [3.8, 4) is 0 Å². The third-order valence-corrected chi connectivity index (χ3v) is 2.82. The normalized spacial score (nSPS) is 18.1. The highest BCUT2D eigenvalue weighted by atomic mass is 16.6. The maximum absolute atomic E-state index is 12.1. The van der Waals surface area contributed by atoms with Crippen molar-refractivity contribution in [1.29, 1.82) is 0 Å². The van der Waals surface area contributed by atoms with Crippen LogP contribution in [0.15, 0.2) is 35.5 Å². The van der Waals surface area contributed by atoms with Gasteiger partial charge in [0.25, 0.3) is 0 Å². The van der Waals surface area contributed by atoms with Gasteiger partial charge in [0.05, 0.1) is 12.3 Å². The lowest BCUT2D eigenvalue weighted by molar-refractivity contribution is 0.159. The van der Waals surface area contributed by atoms with Crippen LogP contribution in [0.1, 0.15) is 12.5 Å². The second-order valence-corrected chi connectivity index (χ2v) is 3.96. The predicted molar refractivity (Wildman–Crippen MR) is 72.2 cm³/mol. The van der Waals surface area contributed by atoms with E-state index in [1.807, 2.05) is 24.3 Å². The highest BCUT2D eigenvalue weighted by molar-refractivity contribution is 6.03. The summed E-state index contributed by atoms with van der Waals surface area (Å²) in [6, 6.07) is 6.69. The Morgan fingerprint density at radius 3 is 2.95 bits per heavy atom. The molecular weight excluding hydrogens is 246 g/mol. The van der Waals surface area contributed by atoms with Crippen LogP contribution in [0.5, 0.6) is 0 Å². The number of amidine groups is 1. The van der Waals surface area contributed by atoms with Gasteiger partial charge in [-0.05, 0) is 18.6 Å². The van der Waals surface area contributed by atoms with Crippen molar-refractivity contribution in [2.45, 2.75) is 13.0 Å². The Morgan fingerprint density at radius 1 is 1.53 bits per heavy atom. The SMILES string of the molecule is CCOC(=O)N1c2ccccc2C=CC1/C(N)=N/O. The molecule has 0 saturated heterocycles. The Labute approximate surface area is 110 Å². The van der Waals surface area contributed by atoms with Crippen molar-refractivity contribution >= 4 is 23.7 Å². The predicted octanol–water partition coefficient (Wildman–Crippen LogP) is 1.79. The molecule has 1 heterocycles. The van der Waals surface area contributed by atoms with Gasteiger partial charge < -0.3 is 15.7 Å². The van der Waals surface area contributed by atoms with Gasteiger partial charge >= 0.3 is 6.09 Å². The number of amides is 1. The molecule has 19 heavy (non-hydrogen) atoms. The molecule has 0 radical (unpaired) electrons. The molecule has 1 aromatic rings. The molecule has 2 rings (SSSR count). The third kappa shape index (κ3) is 2.37. The first-order chi connectivity index (χ1) is 9.19. The van der Waals surface area contributed by atoms with Crippen molar-refractivity contribution in [3.63, 3.8) is 0 Å². The molecular formula is C13H15N3O3. The smallest absolute Gasteiger partial charge is 0.415 e. The average Bonchev–Trinajstić information content (AvgIpc) is 2.45. The molecule has 0 bridgehead atoms. The first-order valence-electron chi connectivity index (χ1n) is 5.89. The van der Waals surface area contributed by atoms with Crippen molar-refractivity contribution in [2.75, 3.05) is 11.5 Å². The first-order valence-corrected chi connectivity index (χ1v) is 5.89. The van der Waals surface area contributed by atoms with Gasteiger partial charge in [0.15, 0.2) is 5.84 Å². The number of carbonyl (C=O) groups is 1. The number of rotatable bonds is 2. The number of carbonyl (C=O) groups excluding carboxylic acids is 1. The summed E-state index contributed by atoms with van der Waals surface area (Å²) >= 11 is 0. The third-order valence-electron chi connectivity index (χ3n) is 2.82. The average molecular weight is 261 g/mol. The van der Waals surface area contributed by atoms with Crippen LogP contribution in [-0.2, 0) is 4.74 Å². The van der Waals surface area contributed by atoms with Gasteiger partial charge in [-0.3, -0.25) is 4.90 Å². The minimum Gasteiger partial charge on any atom is -0.449 e. The molecule has 1 atom stereocenters. The lowest BCUT2D eigenvalue weighted by atomic mass is 10.0.